The molecule has 0 aliphatic rings. The van der Waals surface area contributed by atoms with Crippen LogP contribution in [0.3, 0.4) is 0 Å². The molecular formula is C58H39N3. The SMILES string of the molecule is [2H]c1c([2H])c([2H])c(N(c2ccc3c(c2)c2ccccc2n3-c2ccccc2)c2ccccc2-c2ccc(-n3c4ccccc4c4c5c(-c6ccccc6)cccc5ccc43)cc2)c([2H])c1[2H]. The number of hydrogen-bond donors (Lipinski definition) is 0. The summed E-state index contributed by atoms with van der Waals surface area (Å²) >= 11 is 0. The third-order valence-electron chi connectivity index (χ3n) is 12.0. The molecule has 0 saturated heterocycles. The Bertz CT molecular complexity index is 3850. The average Bonchev–Trinajstić information content (AvgIpc) is 3.89. The molecule has 3 nitrogen and oxygen atoms in total. The molecule has 2 heterocycles. The summed E-state index contributed by atoms with van der Waals surface area (Å²) in [4.78, 5) is 1.83. The van der Waals surface area contributed by atoms with Crippen molar-refractivity contribution in [3.05, 3.63) is 236 Å². The van der Waals surface area contributed by atoms with E-state index in [0.717, 1.165) is 55.3 Å². The van der Waals surface area contributed by atoms with Gasteiger partial charge in [-0.25, -0.2) is 0 Å². The van der Waals surface area contributed by atoms with Crippen LogP contribution < -0.4 is 4.90 Å². The van der Waals surface area contributed by atoms with Crippen molar-refractivity contribution in [3.63, 3.8) is 0 Å². The Balaban J connectivity index is 1.05. The van der Waals surface area contributed by atoms with E-state index in [9.17, 15) is 2.74 Å². The van der Waals surface area contributed by atoms with E-state index >= 15 is 0 Å². The molecule has 0 N–H and O–H groups in total. The van der Waals surface area contributed by atoms with Gasteiger partial charge in [0.25, 0.3) is 0 Å². The number of anilines is 3. The summed E-state index contributed by atoms with van der Waals surface area (Å²) in [6.07, 6.45) is 0. The van der Waals surface area contributed by atoms with Crippen molar-refractivity contribution in [1.82, 2.24) is 9.13 Å². The van der Waals surface area contributed by atoms with Crippen LogP contribution in [0.1, 0.15) is 6.85 Å². The van der Waals surface area contributed by atoms with Gasteiger partial charge in [0.15, 0.2) is 0 Å². The second kappa shape index (κ2) is 14.3. The van der Waals surface area contributed by atoms with E-state index in [1.807, 2.05) is 65.6 Å². The van der Waals surface area contributed by atoms with E-state index in [1.165, 1.54) is 32.7 Å². The zero-order valence-corrected chi connectivity index (χ0v) is 33.0. The third kappa shape index (κ3) is 5.66. The number of fused-ring (bicyclic) bond motifs is 8. The van der Waals surface area contributed by atoms with Crippen LogP contribution >= 0.6 is 0 Å². The number of benzene rings is 10. The van der Waals surface area contributed by atoms with E-state index in [4.69, 9.17) is 4.11 Å². The van der Waals surface area contributed by atoms with Crippen LogP contribution in [0.2, 0.25) is 0 Å². The van der Waals surface area contributed by atoms with Gasteiger partial charge in [0, 0.05) is 49.9 Å². The molecule has 0 atom stereocenters. The fraction of sp³-hybridized carbons (Fsp3) is 0. The molecule has 0 amide bonds. The predicted molar refractivity (Wildman–Crippen MR) is 258 cm³/mol. The topological polar surface area (TPSA) is 13.1 Å². The van der Waals surface area contributed by atoms with Gasteiger partial charge in [0.2, 0.25) is 0 Å². The molecule has 12 rings (SSSR count). The van der Waals surface area contributed by atoms with E-state index < -0.39 is 18.1 Å². The van der Waals surface area contributed by atoms with Gasteiger partial charge in [-0.2, -0.15) is 0 Å². The molecule has 0 fully saturated rings. The number of para-hydroxylation sites is 5. The molecular weight excluding hydrogens is 739 g/mol. The summed E-state index contributed by atoms with van der Waals surface area (Å²) in [6, 6.07) is 69.4. The number of hydrogen-bond acceptors (Lipinski definition) is 1. The highest BCUT2D eigenvalue weighted by Crippen LogP contribution is 2.45. The predicted octanol–water partition coefficient (Wildman–Crippen LogP) is 15.8. The molecule has 0 bridgehead atoms. The zero-order chi connectivity index (χ0) is 44.6. The lowest BCUT2D eigenvalue weighted by molar-refractivity contribution is 1.18. The quantitative estimate of drug-likeness (QED) is 0.157. The van der Waals surface area contributed by atoms with Crippen molar-refractivity contribution < 1.29 is 6.85 Å². The summed E-state index contributed by atoms with van der Waals surface area (Å²) < 4.78 is 49.2. The average molecular weight is 783 g/mol. The molecule has 0 aliphatic heterocycles. The van der Waals surface area contributed by atoms with Gasteiger partial charge in [0.05, 0.1) is 34.6 Å². The monoisotopic (exact) mass is 782 g/mol. The third-order valence-corrected chi connectivity index (χ3v) is 12.0. The lowest BCUT2D eigenvalue weighted by Gasteiger charge is -2.28. The van der Waals surface area contributed by atoms with Gasteiger partial charge < -0.3 is 14.0 Å². The molecule has 0 saturated carbocycles. The highest BCUT2D eigenvalue weighted by atomic mass is 15.1. The van der Waals surface area contributed by atoms with Gasteiger partial charge in [-0.3, -0.25) is 0 Å². The largest absolute Gasteiger partial charge is 0.310 e. The first kappa shape index (κ1) is 30.0. The lowest BCUT2D eigenvalue weighted by atomic mass is 9.94. The molecule has 286 valence electrons. The van der Waals surface area contributed by atoms with Crippen molar-refractivity contribution >= 4 is 71.4 Å². The van der Waals surface area contributed by atoms with Crippen molar-refractivity contribution in [2.24, 2.45) is 0 Å². The first-order valence-electron chi connectivity index (χ1n) is 23.0. The molecule has 3 heteroatoms. The Morgan fingerprint density at radius 2 is 0.951 bits per heavy atom. The van der Waals surface area contributed by atoms with Crippen LogP contribution in [-0.4, -0.2) is 9.13 Å². The summed E-state index contributed by atoms with van der Waals surface area (Å²) in [5, 5.41) is 6.79. The molecule has 0 aliphatic carbocycles. The van der Waals surface area contributed by atoms with Gasteiger partial charge in [-0.1, -0.05) is 158 Å². The summed E-state index contributed by atoms with van der Waals surface area (Å²) in [6.45, 7) is 0. The Morgan fingerprint density at radius 3 is 1.75 bits per heavy atom. The Morgan fingerprint density at radius 1 is 0.361 bits per heavy atom. The van der Waals surface area contributed by atoms with Crippen LogP contribution in [0, 0.1) is 0 Å². The summed E-state index contributed by atoms with van der Waals surface area (Å²) in [5.41, 5.74) is 11.8. The molecule has 0 unspecified atom stereocenters. The van der Waals surface area contributed by atoms with E-state index in [-0.39, 0.29) is 17.8 Å². The van der Waals surface area contributed by atoms with Crippen molar-refractivity contribution in [3.8, 4) is 33.6 Å². The first-order chi connectivity index (χ1) is 32.4. The zero-order valence-electron chi connectivity index (χ0n) is 38.0. The van der Waals surface area contributed by atoms with Crippen molar-refractivity contribution in [2.45, 2.75) is 0 Å². The smallest absolute Gasteiger partial charge is 0.0645 e. The number of rotatable bonds is 7. The van der Waals surface area contributed by atoms with Crippen LogP contribution in [-0.2, 0) is 0 Å². The minimum atomic E-state index is -0.437. The molecule has 10 aromatic carbocycles. The maximum atomic E-state index is 9.28. The van der Waals surface area contributed by atoms with Gasteiger partial charge in [0.1, 0.15) is 0 Å². The summed E-state index contributed by atoms with van der Waals surface area (Å²) in [5.74, 6) is 0. The maximum Gasteiger partial charge on any atom is 0.0645 e. The lowest BCUT2D eigenvalue weighted by Crippen LogP contribution is -2.11. The Kier molecular flexibility index (Phi) is 7.03. The Hall–Kier alpha value is -8.14. The van der Waals surface area contributed by atoms with Crippen molar-refractivity contribution in [2.75, 3.05) is 4.90 Å². The Labute approximate surface area is 361 Å². The number of aromatic nitrogens is 2. The maximum absolute atomic E-state index is 9.28. The summed E-state index contributed by atoms with van der Waals surface area (Å²) in [7, 11) is 0. The molecule has 0 spiro atoms. The van der Waals surface area contributed by atoms with Crippen LogP contribution in [0.25, 0.3) is 88.0 Å². The first-order valence-corrected chi connectivity index (χ1v) is 20.5. The van der Waals surface area contributed by atoms with Gasteiger partial charge >= 0.3 is 0 Å². The molecule has 0 radical (unpaired) electrons. The van der Waals surface area contributed by atoms with Gasteiger partial charge in [-0.15, -0.1) is 0 Å². The molecule has 2 aromatic heterocycles. The van der Waals surface area contributed by atoms with Crippen LogP contribution in [0.15, 0.2) is 236 Å². The number of nitrogens with zero attached hydrogens (tertiary/aromatic N) is 3. The van der Waals surface area contributed by atoms with Gasteiger partial charge in [-0.05, 0) is 106 Å². The highest BCUT2D eigenvalue weighted by molar-refractivity contribution is 6.25. The van der Waals surface area contributed by atoms with E-state index in [2.05, 4.69) is 155 Å². The normalized spacial score (nSPS) is 12.8. The van der Waals surface area contributed by atoms with Crippen LogP contribution in [0.4, 0.5) is 17.1 Å². The fourth-order valence-electron chi connectivity index (χ4n) is 9.38. The standard InChI is InChI=1S/C58H39N3/c1-4-17-40(18-5-1)48-27-16-19-42-33-37-56-58(57(42)48)50-26-12-15-30-54(50)61(56)45-34-31-41(32-35-45)47-24-10-13-28-52(47)59(43-20-6-2-7-21-43)46-36-38-55-51(39-46)49-25-11-14-29-53(49)60(55)44-22-8-3-9-23-44/h1-39H/i2D,6D,7D,20D,21D. The minimum absolute atomic E-state index is 0.0728. The fourth-order valence-corrected chi connectivity index (χ4v) is 9.38. The van der Waals surface area contributed by atoms with E-state index in [0.29, 0.717) is 11.4 Å². The second-order valence-electron chi connectivity index (χ2n) is 15.3. The van der Waals surface area contributed by atoms with E-state index in [1.54, 1.807) is 0 Å². The molecule has 61 heavy (non-hydrogen) atoms. The second-order valence-corrected chi connectivity index (χ2v) is 15.3. The highest BCUT2D eigenvalue weighted by Gasteiger charge is 2.21. The van der Waals surface area contributed by atoms with Crippen molar-refractivity contribution in [1.29, 1.82) is 0 Å². The van der Waals surface area contributed by atoms with Crippen LogP contribution in [0.5, 0.6) is 0 Å². The minimum Gasteiger partial charge on any atom is -0.310 e. The molecule has 12 aromatic rings.